The topological polar surface area (TPSA) is 125 Å². The summed E-state index contributed by atoms with van der Waals surface area (Å²) in [7, 11) is -4.09. The van der Waals surface area contributed by atoms with Gasteiger partial charge in [0.15, 0.2) is 0 Å². The molecule has 3 aromatic rings. The van der Waals surface area contributed by atoms with Gasteiger partial charge in [-0.1, -0.05) is 29.3 Å². The number of carbonyl (C=O) groups excluding carboxylic acids is 3. The third kappa shape index (κ3) is 5.48. The number of carbonyl (C=O) groups is 3. The third-order valence-electron chi connectivity index (χ3n) is 6.96. The molecular formula is C28H22Cl2N4O6S2. The molecule has 0 saturated carbocycles. The van der Waals surface area contributed by atoms with Crippen molar-refractivity contribution in [2.45, 2.75) is 11.4 Å². The van der Waals surface area contributed by atoms with Gasteiger partial charge >= 0.3 is 0 Å². The number of benzene rings is 3. The first-order valence-corrected chi connectivity index (χ1v) is 15.8. The van der Waals surface area contributed by atoms with E-state index in [-0.39, 0.29) is 27.5 Å². The molecule has 10 nitrogen and oxygen atoms in total. The molecule has 3 amide bonds. The highest BCUT2D eigenvalue weighted by atomic mass is 35.5. The van der Waals surface area contributed by atoms with E-state index in [0.29, 0.717) is 52.0 Å². The van der Waals surface area contributed by atoms with Crippen LogP contribution in [-0.2, 0) is 30.9 Å². The molecule has 216 valence electrons. The number of nitrogens with zero attached hydrogens (tertiary/aromatic N) is 2. The number of thioether (sulfide) groups is 1. The van der Waals surface area contributed by atoms with Gasteiger partial charge in [-0.25, -0.2) is 8.42 Å². The third-order valence-corrected chi connectivity index (χ3v) is 9.96. The highest BCUT2D eigenvalue weighted by Crippen LogP contribution is 2.44. The van der Waals surface area contributed by atoms with Crippen LogP contribution in [0.3, 0.4) is 0 Å². The minimum Gasteiger partial charge on any atom is -0.378 e. The molecule has 0 atom stereocenters. The predicted octanol–water partition coefficient (Wildman–Crippen LogP) is 4.87. The van der Waals surface area contributed by atoms with Crippen molar-refractivity contribution in [3.8, 4) is 0 Å². The van der Waals surface area contributed by atoms with Gasteiger partial charge in [-0.2, -0.15) is 0 Å². The number of sulfonamides is 1. The van der Waals surface area contributed by atoms with E-state index in [0.717, 1.165) is 18.8 Å². The van der Waals surface area contributed by atoms with E-state index < -0.39 is 27.1 Å². The van der Waals surface area contributed by atoms with Crippen LogP contribution in [-0.4, -0.2) is 51.8 Å². The lowest BCUT2D eigenvalue weighted by molar-refractivity contribution is -0.116. The molecule has 0 unspecified atom stereocenters. The predicted molar refractivity (Wildman–Crippen MR) is 162 cm³/mol. The normalized spacial score (nSPS) is 18.9. The Labute approximate surface area is 255 Å². The number of ether oxygens (including phenoxy) is 1. The van der Waals surface area contributed by atoms with Crippen LogP contribution in [0.15, 0.2) is 70.5 Å². The molecule has 3 aliphatic heterocycles. The standard InChI is InChI=1S/C28H22Cl2N4O6S2/c29-21-7-1-16(13-22(21)30)15-34-23-8-6-19(14-20(23)24(27(34)36)25-26(35)31-28(37)41-25)42(38,39)32-17-2-4-18(5-3-17)33-9-11-40-12-10-33/h1-8,13-14,32H,9-12,15H2,(H,31,35,37). The van der Waals surface area contributed by atoms with E-state index >= 15 is 0 Å². The van der Waals surface area contributed by atoms with Crippen LogP contribution in [0.2, 0.25) is 10.0 Å². The Kier molecular flexibility index (Phi) is 7.66. The summed E-state index contributed by atoms with van der Waals surface area (Å²) in [5.74, 6) is -1.27. The van der Waals surface area contributed by atoms with Crippen molar-refractivity contribution >= 4 is 84.7 Å². The van der Waals surface area contributed by atoms with Crippen molar-refractivity contribution in [1.29, 1.82) is 0 Å². The number of nitrogens with one attached hydrogen (secondary N) is 2. The van der Waals surface area contributed by atoms with Crippen LogP contribution in [0.25, 0.3) is 5.57 Å². The van der Waals surface area contributed by atoms with Crippen LogP contribution in [0.4, 0.5) is 21.9 Å². The average Bonchev–Trinajstić information content (AvgIpc) is 3.44. The van der Waals surface area contributed by atoms with Crippen LogP contribution < -0.4 is 19.8 Å². The second-order valence-corrected chi connectivity index (χ2v) is 13.1. The highest BCUT2D eigenvalue weighted by Gasteiger charge is 2.40. The van der Waals surface area contributed by atoms with Crippen molar-refractivity contribution in [3.05, 3.63) is 86.7 Å². The highest BCUT2D eigenvalue weighted by molar-refractivity contribution is 8.18. The molecule has 42 heavy (non-hydrogen) atoms. The number of halogens is 2. The Balaban J connectivity index is 1.34. The number of fused-ring (bicyclic) bond motifs is 1. The lowest BCUT2D eigenvalue weighted by Gasteiger charge is -2.28. The fourth-order valence-corrected chi connectivity index (χ4v) is 7.11. The molecule has 3 aliphatic rings. The average molecular weight is 646 g/mol. The summed E-state index contributed by atoms with van der Waals surface area (Å²) in [6.45, 7) is 2.83. The summed E-state index contributed by atoms with van der Waals surface area (Å²) in [5.41, 5.74) is 2.53. The second-order valence-electron chi connectivity index (χ2n) is 9.62. The molecule has 0 aliphatic carbocycles. The van der Waals surface area contributed by atoms with Crippen molar-refractivity contribution in [1.82, 2.24) is 5.32 Å². The molecule has 0 bridgehead atoms. The van der Waals surface area contributed by atoms with Crippen LogP contribution >= 0.6 is 35.0 Å². The van der Waals surface area contributed by atoms with Gasteiger partial charge < -0.3 is 14.5 Å². The molecule has 0 radical (unpaired) electrons. The molecule has 2 N–H and O–H groups in total. The van der Waals surface area contributed by atoms with Gasteiger partial charge in [0.2, 0.25) is 0 Å². The van der Waals surface area contributed by atoms with Crippen LogP contribution in [0.5, 0.6) is 0 Å². The van der Waals surface area contributed by atoms with Crippen LogP contribution in [0.1, 0.15) is 11.1 Å². The smallest absolute Gasteiger partial charge is 0.290 e. The lowest BCUT2D eigenvalue weighted by atomic mass is 10.1. The number of anilines is 3. The van der Waals surface area contributed by atoms with Gasteiger partial charge in [0.25, 0.3) is 27.1 Å². The zero-order chi connectivity index (χ0) is 29.6. The first kappa shape index (κ1) is 28.6. The number of imide groups is 1. The zero-order valence-electron chi connectivity index (χ0n) is 21.7. The van der Waals surface area contributed by atoms with E-state index in [1.54, 1.807) is 30.3 Å². The Morgan fingerprint density at radius 1 is 0.929 bits per heavy atom. The van der Waals surface area contributed by atoms with E-state index in [1.165, 1.54) is 23.1 Å². The van der Waals surface area contributed by atoms with Crippen LogP contribution in [0, 0.1) is 0 Å². The summed E-state index contributed by atoms with van der Waals surface area (Å²) in [4.78, 5) is 41.6. The molecule has 0 spiro atoms. The fourth-order valence-electron chi connectivity index (χ4n) is 4.93. The van der Waals surface area contributed by atoms with Crippen molar-refractivity contribution < 1.29 is 27.5 Å². The maximum absolute atomic E-state index is 13.7. The molecular weight excluding hydrogens is 623 g/mol. The van der Waals surface area contributed by atoms with Crippen molar-refractivity contribution in [3.63, 3.8) is 0 Å². The van der Waals surface area contributed by atoms with Gasteiger partial charge in [0.1, 0.15) is 0 Å². The molecule has 3 heterocycles. The monoisotopic (exact) mass is 644 g/mol. The quantitative estimate of drug-likeness (QED) is 0.364. The van der Waals surface area contributed by atoms with Crippen molar-refractivity contribution in [2.24, 2.45) is 0 Å². The van der Waals surface area contributed by atoms with E-state index in [9.17, 15) is 22.8 Å². The number of rotatable bonds is 6. The Morgan fingerprint density at radius 2 is 1.67 bits per heavy atom. The fraction of sp³-hybridized carbons (Fsp3) is 0.179. The van der Waals surface area contributed by atoms with E-state index in [4.69, 9.17) is 27.9 Å². The Morgan fingerprint density at radius 3 is 2.33 bits per heavy atom. The van der Waals surface area contributed by atoms with E-state index in [1.807, 2.05) is 12.1 Å². The lowest BCUT2D eigenvalue weighted by Crippen LogP contribution is -2.36. The SMILES string of the molecule is O=C1NC(=O)C(=C2C(=O)N(Cc3ccc(Cl)c(Cl)c3)c3ccc(S(=O)(=O)Nc4ccc(N5CCOCC5)cc4)cc32)S1. The van der Waals surface area contributed by atoms with Gasteiger partial charge in [-0.15, -0.1) is 0 Å². The Bertz CT molecular complexity index is 1770. The summed E-state index contributed by atoms with van der Waals surface area (Å²) >= 11 is 12.8. The molecule has 2 fully saturated rings. The molecule has 2 saturated heterocycles. The first-order chi connectivity index (χ1) is 20.1. The van der Waals surface area contributed by atoms with E-state index in [2.05, 4.69) is 14.9 Å². The van der Waals surface area contributed by atoms with Gasteiger partial charge in [-0.3, -0.25) is 24.4 Å². The number of hydrogen-bond donors (Lipinski definition) is 2. The maximum atomic E-state index is 13.7. The number of hydrogen-bond acceptors (Lipinski definition) is 8. The zero-order valence-corrected chi connectivity index (χ0v) is 24.9. The molecule has 6 rings (SSSR count). The summed E-state index contributed by atoms with van der Waals surface area (Å²) in [6, 6.07) is 16.2. The molecule has 14 heteroatoms. The van der Waals surface area contributed by atoms with Gasteiger partial charge in [0, 0.05) is 30.0 Å². The number of morpholine rings is 1. The number of amides is 3. The van der Waals surface area contributed by atoms with Gasteiger partial charge in [0.05, 0.1) is 50.9 Å². The van der Waals surface area contributed by atoms with Gasteiger partial charge in [-0.05, 0) is 71.9 Å². The first-order valence-electron chi connectivity index (χ1n) is 12.7. The minimum atomic E-state index is -4.09. The minimum absolute atomic E-state index is 0.0506. The maximum Gasteiger partial charge on any atom is 0.290 e. The molecule has 0 aromatic heterocycles. The summed E-state index contributed by atoms with van der Waals surface area (Å²) < 4.78 is 34.8. The molecule has 3 aromatic carbocycles. The summed E-state index contributed by atoms with van der Waals surface area (Å²) in [5, 5.41) is 2.20. The summed E-state index contributed by atoms with van der Waals surface area (Å²) in [6.07, 6.45) is 0. The second kappa shape index (κ2) is 11.3. The Hall–Kier alpha value is -3.55. The largest absolute Gasteiger partial charge is 0.378 e. The van der Waals surface area contributed by atoms with Crippen molar-refractivity contribution in [2.75, 3.05) is 40.8 Å².